The van der Waals surface area contributed by atoms with E-state index in [1.807, 2.05) is 22.6 Å². The molecule has 0 radical (unpaired) electrons. The summed E-state index contributed by atoms with van der Waals surface area (Å²) in [4.78, 5) is 21.9. The zero-order valence-electron chi connectivity index (χ0n) is 8.09. The second-order valence-electron chi connectivity index (χ2n) is 2.98. The fourth-order valence-electron chi connectivity index (χ4n) is 1.05. The molecule has 0 aromatic heterocycles. The van der Waals surface area contributed by atoms with Crippen LogP contribution in [0.3, 0.4) is 0 Å². The monoisotopic (exact) mass is 424 g/mol. The van der Waals surface area contributed by atoms with E-state index in [0.29, 0.717) is 10.8 Å². The van der Waals surface area contributed by atoms with Crippen LogP contribution >= 0.6 is 45.2 Å². The summed E-state index contributed by atoms with van der Waals surface area (Å²) in [5.74, 6) is -0.157. The van der Waals surface area contributed by atoms with Crippen LogP contribution in [0.5, 0.6) is 0 Å². The first-order chi connectivity index (χ1) is 6.60. The second kappa shape index (κ2) is 8.87. The first-order valence-corrected chi connectivity index (χ1v) is 7.46. The van der Waals surface area contributed by atoms with Crippen LogP contribution in [0.4, 0.5) is 0 Å². The van der Waals surface area contributed by atoms with E-state index in [0.717, 1.165) is 17.3 Å². The summed E-state index contributed by atoms with van der Waals surface area (Å²) >= 11 is 4.23. The van der Waals surface area contributed by atoms with Gasteiger partial charge in [0.15, 0.2) is 0 Å². The predicted octanol–water partition coefficient (Wildman–Crippen LogP) is 2.53. The van der Waals surface area contributed by atoms with Crippen LogP contribution in [0.2, 0.25) is 0 Å². The standard InChI is InChI=1S/C9H14I2O3/c1-7(12)5-8(3-2-4-10)14-9(13)6-11/h8H,2-6H2,1H3. The van der Waals surface area contributed by atoms with Crippen LogP contribution in [-0.2, 0) is 14.3 Å². The SMILES string of the molecule is CC(=O)CC(CCCI)OC(=O)CI. The zero-order chi connectivity index (χ0) is 11.0. The Hall–Kier alpha value is 0.600. The van der Waals surface area contributed by atoms with Gasteiger partial charge < -0.3 is 4.74 Å². The highest BCUT2D eigenvalue weighted by Crippen LogP contribution is 2.10. The molecule has 1 atom stereocenters. The van der Waals surface area contributed by atoms with Gasteiger partial charge in [0.05, 0.1) is 4.43 Å². The van der Waals surface area contributed by atoms with E-state index < -0.39 is 0 Å². The highest BCUT2D eigenvalue weighted by Gasteiger charge is 2.15. The maximum Gasteiger partial charge on any atom is 0.316 e. The Balaban J connectivity index is 3.96. The fraction of sp³-hybridized carbons (Fsp3) is 0.778. The number of rotatable bonds is 7. The van der Waals surface area contributed by atoms with Crippen LogP contribution < -0.4 is 0 Å². The number of ether oxygens (including phenoxy) is 1. The van der Waals surface area contributed by atoms with Gasteiger partial charge in [-0.15, -0.1) is 0 Å². The van der Waals surface area contributed by atoms with E-state index in [-0.39, 0.29) is 17.9 Å². The molecule has 3 nitrogen and oxygen atoms in total. The largest absolute Gasteiger partial charge is 0.461 e. The van der Waals surface area contributed by atoms with Crippen LogP contribution in [-0.4, -0.2) is 26.7 Å². The topological polar surface area (TPSA) is 43.4 Å². The fourth-order valence-corrected chi connectivity index (χ4v) is 1.67. The number of carbonyl (C=O) groups is 2. The smallest absolute Gasteiger partial charge is 0.316 e. The summed E-state index contributed by atoms with van der Waals surface area (Å²) in [6.45, 7) is 1.52. The summed E-state index contributed by atoms with van der Waals surface area (Å²) in [7, 11) is 0. The Labute approximate surface area is 112 Å². The van der Waals surface area contributed by atoms with Gasteiger partial charge in [-0.25, -0.2) is 0 Å². The van der Waals surface area contributed by atoms with Gasteiger partial charge >= 0.3 is 5.97 Å². The van der Waals surface area contributed by atoms with Gasteiger partial charge in [0.2, 0.25) is 0 Å². The average molecular weight is 424 g/mol. The Bertz CT molecular complexity index is 194. The third kappa shape index (κ3) is 7.95. The van der Waals surface area contributed by atoms with E-state index in [2.05, 4.69) is 22.6 Å². The molecule has 0 N–H and O–H groups in total. The van der Waals surface area contributed by atoms with Crippen LogP contribution in [0, 0.1) is 0 Å². The van der Waals surface area contributed by atoms with Crippen molar-refractivity contribution >= 4 is 56.9 Å². The number of alkyl halides is 2. The van der Waals surface area contributed by atoms with Crippen molar-refractivity contribution in [2.24, 2.45) is 0 Å². The highest BCUT2D eigenvalue weighted by atomic mass is 127. The summed E-state index contributed by atoms with van der Waals surface area (Å²) in [5, 5.41) is 0. The molecule has 0 bridgehead atoms. The third-order valence-corrected chi connectivity index (χ3v) is 2.97. The van der Waals surface area contributed by atoms with E-state index in [1.54, 1.807) is 0 Å². The van der Waals surface area contributed by atoms with Gasteiger partial charge in [0.1, 0.15) is 11.9 Å². The number of hydrogen-bond acceptors (Lipinski definition) is 3. The van der Waals surface area contributed by atoms with Crippen LogP contribution in [0.15, 0.2) is 0 Å². The van der Waals surface area contributed by atoms with Gasteiger partial charge in [-0.2, -0.15) is 0 Å². The molecule has 0 aromatic rings. The summed E-state index contributed by atoms with van der Waals surface area (Å²) < 4.78 is 6.51. The van der Waals surface area contributed by atoms with E-state index in [4.69, 9.17) is 4.74 Å². The van der Waals surface area contributed by atoms with Crippen molar-refractivity contribution in [3.8, 4) is 0 Å². The summed E-state index contributed by atoms with van der Waals surface area (Å²) in [6.07, 6.45) is 1.89. The van der Waals surface area contributed by atoms with Crippen molar-refractivity contribution < 1.29 is 14.3 Å². The molecule has 0 rings (SSSR count). The Morgan fingerprint density at radius 2 is 2.00 bits per heavy atom. The molecular formula is C9H14I2O3. The number of hydrogen-bond donors (Lipinski definition) is 0. The van der Waals surface area contributed by atoms with Gasteiger partial charge in [0, 0.05) is 6.42 Å². The maximum absolute atomic E-state index is 11.0. The average Bonchev–Trinajstić information content (AvgIpc) is 2.13. The summed E-state index contributed by atoms with van der Waals surface area (Å²) in [6, 6.07) is 0. The normalized spacial score (nSPS) is 12.2. The minimum Gasteiger partial charge on any atom is -0.461 e. The van der Waals surface area contributed by atoms with Crippen molar-refractivity contribution in [1.29, 1.82) is 0 Å². The lowest BCUT2D eigenvalue weighted by Gasteiger charge is -2.15. The Morgan fingerprint density at radius 3 is 2.43 bits per heavy atom. The molecule has 0 aliphatic carbocycles. The molecule has 0 saturated heterocycles. The molecule has 0 aliphatic heterocycles. The van der Waals surface area contributed by atoms with E-state index in [9.17, 15) is 9.59 Å². The first-order valence-electron chi connectivity index (χ1n) is 4.41. The lowest BCUT2D eigenvalue weighted by Crippen LogP contribution is -2.21. The molecule has 82 valence electrons. The van der Waals surface area contributed by atoms with Crippen molar-refractivity contribution in [3.63, 3.8) is 0 Å². The second-order valence-corrected chi connectivity index (χ2v) is 4.82. The molecule has 0 spiro atoms. The van der Waals surface area contributed by atoms with Crippen LogP contribution in [0.25, 0.3) is 0 Å². The lowest BCUT2D eigenvalue weighted by molar-refractivity contribution is -0.146. The number of halogens is 2. The molecule has 0 aromatic carbocycles. The molecule has 0 saturated carbocycles. The Kier molecular flexibility index (Phi) is 9.25. The van der Waals surface area contributed by atoms with Crippen molar-refractivity contribution in [3.05, 3.63) is 0 Å². The molecule has 0 fully saturated rings. The van der Waals surface area contributed by atoms with Gasteiger partial charge in [0.25, 0.3) is 0 Å². The van der Waals surface area contributed by atoms with E-state index >= 15 is 0 Å². The van der Waals surface area contributed by atoms with Crippen molar-refractivity contribution in [1.82, 2.24) is 0 Å². The number of carbonyl (C=O) groups excluding carboxylic acids is 2. The number of esters is 1. The van der Waals surface area contributed by atoms with E-state index in [1.165, 1.54) is 6.92 Å². The maximum atomic E-state index is 11.0. The molecule has 1 unspecified atom stereocenters. The number of Topliss-reactive ketones (excluding diaryl/α,β-unsaturated/α-hetero) is 1. The molecular weight excluding hydrogens is 410 g/mol. The summed E-state index contributed by atoms with van der Waals surface area (Å²) in [5.41, 5.74) is 0. The minimum absolute atomic E-state index is 0.0738. The van der Waals surface area contributed by atoms with Crippen molar-refractivity contribution in [2.45, 2.75) is 32.3 Å². The molecule has 0 aliphatic rings. The quantitative estimate of drug-likeness (QED) is 0.359. The highest BCUT2D eigenvalue weighted by molar-refractivity contribution is 14.1. The first kappa shape index (κ1) is 14.6. The van der Waals surface area contributed by atoms with Gasteiger partial charge in [-0.3, -0.25) is 9.59 Å². The zero-order valence-corrected chi connectivity index (χ0v) is 12.4. The molecule has 0 heterocycles. The number of ketones is 1. The van der Waals surface area contributed by atoms with Gasteiger partial charge in [-0.1, -0.05) is 45.2 Å². The minimum atomic E-state index is -0.231. The lowest BCUT2D eigenvalue weighted by atomic mass is 10.1. The molecule has 0 amide bonds. The molecule has 14 heavy (non-hydrogen) atoms. The third-order valence-electron chi connectivity index (χ3n) is 1.58. The Morgan fingerprint density at radius 1 is 1.36 bits per heavy atom. The molecule has 5 heteroatoms. The van der Waals surface area contributed by atoms with Gasteiger partial charge in [-0.05, 0) is 24.2 Å². The van der Waals surface area contributed by atoms with Crippen LogP contribution in [0.1, 0.15) is 26.2 Å². The van der Waals surface area contributed by atoms with Crippen molar-refractivity contribution in [2.75, 3.05) is 8.86 Å². The predicted molar refractivity (Wildman–Crippen MR) is 72.2 cm³/mol.